The van der Waals surface area contributed by atoms with E-state index in [9.17, 15) is 0 Å². The van der Waals surface area contributed by atoms with Crippen molar-refractivity contribution in [2.24, 2.45) is 0 Å². The van der Waals surface area contributed by atoms with Gasteiger partial charge in [0, 0.05) is 44.6 Å². The van der Waals surface area contributed by atoms with Gasteiger partial charge in [-0.2, -0.15) is 0 Å². The molecule has 1 N–H and O–H groups in total. The van der Waals surface area contributed by atoms with Crippen molar-refractivity contribution >= 4 is 0 Å². The Morgan fingerprint density at radius 1 is 1.64 bits per heavy atom. The normalized spacial score (nSPS) is 23.6. The minimum Gasteiger partial charge on any atom is -0.312 e. The molecule has 14 heavy (non-hydrogen) atoms. The fourth-order valence-corrected chi connectivity index (χ4v) is 1.91. The highest BCUT2D eigenvalue weighted by atomic mass is 15.2. The number of hydrogen-bond donors (Lipinski definition) is 1. The van der Waals surface area contributed by atoms with E-state index in [0.717, 1.165) is 26.2 Å². The molecular formula is C11H17N3. The van der Waals surface area contributed by atoms with Gasteiger partial charge in [0.1, 0.15) is 0 Å². The molecule has 2 heterocycles. The Morgan fingerprint density at radius 2 is 2.57 bits per heavy atom. The standard InChI is InChI=1S/C11H17N3/c1-10-8-14(6-5-13-10)9-11-3-2-4-12-7-11/h2-4,7,10,13H,5-6,8-9H2,1H3/t10-/m1/s1. The Labute approximate surface area is 85.1 Å². The molecule has 1 saturated heterocycles. The lowest BCUT2D eigenvalue weighted by Gasteiger charge is -2.31. The second kappa shape index (κ2) is 4.53. The zero-order valence-electron chi connectivity index (χ0n) is 8.61. The number of hydrogen-bond acceptors (Lipinski definition) is 3. The smallest absolute Gasteiger partial charge is 0.0312 e. The molecule has 3 heteroatoms. The highest BCUT2D eigenvalue weighted by molar-refractivity contribution is 5.08. The molecule has 76 valence electrons. The molecule has 1 aromatic heterocycles. The van der Waals surface area contributed by atoms with Gasteiger partial charge < -0.3 is 5.32 Å². The van der Waals surface area contributed by atoms with Gasteiger partial charge in [0.05, 0.1) is 0 Å². The molecular weight excluding hydrogens is 174 g/mol. The van der Waals surface area contributed by atoms with E-state index >= 15 is 0 Å². The molecule has 0 amide bonds. The van der Waals surface area contributed by atoms with Crippen LogP contribution in [0.4, 0.5) is 0 Å². The summed E-state index contributed by atoms with van der Waals surface area (Å²) in [7, 11) is 0. The first-order valence-corrected chi connectivity index (χ1v) is 5.19. The maximum Gasteiger partial charge on any atom is 0.0312 e. The van der Waals surface area contributed by atoms with E-state index in [1.165, 1.54) is 5.56 Å². The van der Waals surface area contributed by atoms with Crippen LogP contribution in [0.3, 0.4) is 0 Å². The summed E-state index contributed by atoms with van der Waals surface area (Å²) in [6.07, 6.45) is 3.77. The number of aromatic nitrogens is 1. The molecule has 1 aliphatic rings. The van der Waals surface area contributed by atoms with Gasteiger partial charge in [0.25, 0.3) is 0 Å². The molecule has 0 radical (unpaired) electrons. The van der Waals surface area contributed by atoms with Crippen molar-refractivity contribution < 1.29 is 0 Å². The van der Waals surface area contributed by atoms with Gasteiger partial charge >= 0.3 is 0 Å². The molecule has 0 saturated carbocycles. The van der Waals surface area contributed by atoms with Gasteiger partial charge in [-0.1, -0.05) is 6.07 Å². The fourth-order valence-electron chi connectivity index (χ4n) is 1.91. The molecule has 1 atom stereocenters. The van der Waals surface area contributed by atoms with E-state index in [1.54, 1.807) is 0 Å². The monoisotopic (exact) mass is 191 g/mol. The van der Waals surface area contributed by atoms with Crippen molar-refractivity contribution in [2.45, 2.75) is 19.5 Å². The lowest BCUT2D eigenvalue weighted by Crippen LogP contribution is -2.48. The number of nitrogens with one attached hydrogen (secondary N) is 1. The summed E-state index contributed by atoms with van der Waals surface area (Å²) in [5.74, 6) is 0. The quantitative estimate of drug-likeness (QED) is 0.752. The Morgan fingerprint density at radius 3 is 3.29 bits per heavy atom. The van der Waals surface area contributed by atoms with Crippen molar-refractivity contribution in [1.82, 2.24) is 15.2 Å². The van der Waals surface area contributed by atoms with Crippen molar-refractivity contribution in [3.05, 3.63) is 30.1 Å². The summed E-state index contributed by atoms with van der Waals surface area (Å²) in [6.45, 7) is 6.63. The van der Waals surface area contributed by atoms with Gasteiger partial charge in [-0.15, -0.1) is 0 Å². The predicted molar refractivity (Wildman–Crippen MR) is 57.0 cm³/mol. The zero-order chi connectivity index (χ0) is 9.80. The molecule has 0 spiro atoms. The van der Waals surface area contributed by atoms with Crippen LogP contribution < -0.4 is 5.32 Å². The van der Waals surface area contributed by atoms with Crippen LogP contribution in [0.2, 0.25) is 0 Å². The van der Waals surface area contributed by atoms with E-state index in [2.05, 4.69) is 28.2 Å². The Hall–Kier alpha value is -0.930. The molecule has 0 unspecified atom stereocenters. The molecule has 0 aromatic carbocycles. The third kappa shape index (κ3) is 2.53. The highest BCUT2D eigenvalue weighted by Crippen LogP contribution is 2.05. The highest BCUT2D eigenvalue weighted by Gasteiger charge is 2.14. The predicted octanol–water partition coefficient (Wildman–Crippen LogP) is 0.875. The van der Waals surface area contributed by atoms with Crippen LogP contribution in [0, 0.1) is 0 Å². The SMILES string of the molecule is C[C@@H]1CN(Cc2cccnc2)CCN1. The molecule has 0 aliphatic carbocycles. The van der Waals surface area contributed by atoms with Gasteiger partial charge in [0.2, 0.25) is 0 Å². The minimum absolute atomic E-state index is 0.612. The maximum atomic E-state index is 4.13. The first-order chi connectivity index (χ1) is 6.84. The summed E-state index contributed by atoms with van der Waals surface area (Å²) < 4.78 is 0. The fraction of sp³-hybridized carbons (Fsp3) is 0.545. The lowest BCUT2D eigenvalue weighted by atomic mass is 10.2. The third-order valence-corrected chi connectivity index (χ3v) is 2.58. The van der Waals surface area contributed by atoms with Crippen molar-refractivity contribution in [2.75, 3.05) is 19.6 Å². The summed E-state index contributed by atoms with van der Waals surface area (Å²) in [6, 6.07) is 4.75. The zero-order valence-corrected chi connectivity index (χ0v) is 8.61. The topological polar surface area (TPSA) is 28.2 Å². The molecule has 1 aliphatic heterocycles. The largest absolute Gasteiger partial charge is 0.312 e. The lowest BCUT2D eigenvalue weighted by molar-refractivity contribution is 0.199. The van der Waals surface area contributed by atoms with Crippen LogP contribution in [-0.4, -0.2) is 35.6 Å². The first-order valence-electron chi connectivity index (χ1n) is 5.19. The molecule has 1 aromatic rings. The van der Waals surface area contributed by atoms with E-state index in [1.807, 2.05) is 18.5 Å². The van der Waals surface area contributed by atoms with Crippen molar-refractivity contribution in [3.63, 3.8) is 0 Å². The molecule has 3 nitrogen and oxygen atoms in total. The van der Waals surface area contributed by atoms with E-state index in [-0.39, 0.29) is 0 Å². The second-order valence-corrected chi connectivity index (χ2v) is 3.95. The first kappa shape index (κ1) is 9.62. The van der Waals surface area contributed by atoms with Crippen LogP contribution in [0.5, 0.6) is 0 Å². The number of pyridine rings is 1. The Balaban J connectivity index is 1.91. The van der Waals surface area contributed by atoms with Crippen molar-refractivity contribution in [3.8, 4) is 0 Å². The second-order valence-electron chi connectivity index (χ2n) is 3.95. The van der Waals surface area contributed by atoms with Gasteiger partial charge in [-0.3, -0.25) is 9.88 Å². The molecule has 0 bridgehead atoms. The average molecular weight is 191 g/mol. The van der Waals surface area contributed by atoms with Crippen LogP contribution >= 0.6 is 0 Å². The Kier molecular flexibility index (Phi) is 3.11. The minimum atomic E-state index is 0.612. The number of piperazine rings is 1. The maximum absolute atomic E-state index is 4.13. The molecule has 2 rings (SSSR count). The van der Waals surface area contributed by atoms with Crippen LogP contribution in [0.25, 0.3) is 0 Å². The summed E-state index contributed by atoms with van der Waals surface area (Å²) >= 11 is 0. The van der Waals surface area contributed by atoms with Crippen LogP contribution in [-0.2, 0) is 6.54 Å². The average Bonchev–Trinajstić information content (AvgIpc) is 2.19. The van der Waals surface area contributed by atoms with Gasteiger partial charge in [0.15, 0.2) is 0 Å². The Bertz CT molecular complexity index is 273. The number of rotatable bonds is 2. The number of nitrogens with zero attached hydrogens (tertiary/aromatic N) is 2. The van der Waals surface area contributed by atoms with E-state index < -0.39 is 0 Å². The van der Waals surface area contributed by atoms with Crippen LogP contribution in [0.15, 0.2) is 24.5 Å². The van der Waals surface area contributed by atoms with Gasteiger partial charge in [-0.25, -0.2) is 0 Å². The van der Waals surface area contributed by atoms with Crippen molar-refractivity contribution in [1.29, 1.82) is 0 Å². The van der Waals surface area contributed by atoms with Crippen LogP contribution in [0.1, 0.15) is 12.5 Å². The summed E-state index contributed by atoms with van der Waals surface area (Å²) in [4.78, 5) is 6.60. The molecule has 1 fully saturated rings. The van der Waals surface area contributed by atoms with E-state index in [0.29, 0.717) is 6.04 Å². The third-order valence-electron chi connectivity index (χ3n) is 2.58. The van der Waals surface area contributed by atoms with E-state index in [4.69, 9.17) is 0 Å². The van der Waals surface area contributed by atoms with Gasteiger partial charge in [-0.05, 0) is 18.6 Å². The summed E-state index contributed by atoms with van der Waals surface area (Å²) in [5, 5.41) is 3.44. The summed E-state index contributed by atoms with van der Waals surface area (Å²) in [5.41, 5.74) is 1.31.